The van der Waals surface area contributed by atoms with E-state index in [0.717, 1.165) is 21.0 Å². The fourth-order valence-electron chi connectivity index (χ4n) is 4.88. The molecule has 0 saturated heterocycles. The van der Waals surface area contributed by atoms with Crippen molar-refractivity contribution in [1.29, 1.82) is 0 Å². The third kappa shape index (κ3) is 7.59. The van der Waals surface area contributed by atoms with Crippen molar-refractivity contribution in [3.8, 4) is 5.75 Å². The van der Waals surface area contributed by atoms with Gasteiger partial charge in [0.2, 0.25) is 11.8 Å². The number of likely N-dealkylation sites (N-methyl/N-ethyl adjacent to an activating group) is 1. The van der Waals surface area contributed by atoms with E-state index in [1.165, 1.54) is 31.2 Å². The average Bonchev–Trinajstić information content (AvgIpc) is 3.02. The van der Waals surface area contributed by atoms with Crippen LogP contribution >= 0.6 is 11.6 Å². The Hall–Kier alpha value is -4.34. The third-order valence-electron chi connectivity index (χ3n) is 7.31. The van der Waals surface area contributed by atoms with Crippen LogP contribution in [0.1, 0.15) is 22.3 Å². The third-order valence-corrected chi connectivity index (χ3v) is 9.45. The van der Waals surface area contributed by atoms with Crippen LogP contribution < -0.4 is 14.4 Å². The van der Waals surface area contributed by atoms with Crippen LogP contribution in [0.4, 0.5) is 5.69 Å². The molecule has 4 aromatic carbocycles. The molecule has 0 fully saturated rings. The molecule has 44 heavy (non-hydrogen) atoms. The number of sulfonamides is 1. The predicted molar refractivity (Wildman–Crippen MR) is 173 cm³/mol. The van der Waals surface area contributed by atoms with Gasteiger partial charge in [0.05, 0.1) is 17.7 Å². The lowest BCUT2D eigenvalue weighted by atomic mass is 10.0. The maximum absolute atomic E-state index is 14.5. The minimum Gasteiger partial charge on any atom is -0.495 e. The molecular weight excluding hydrogens is 598 g/mol. The number of hydrogen-bond acceptors (Lipinski definition) is 5. The van der Waals surface area contributed by atoms with E-state index in [1.807, 2.05) is 44.2 Å². The summed E-state index contributed by atoms with van der Waals surface area (Å²) in [5, 5.41) is 3.10. The number of anilines is 1. The summed E-state index contributed by atoms with van der Waals surface area (Å²) in [7, 11) is -1.31. The molecule has 8 nitrogen and oxygen atoms in total. The molecule has 0 bridgehead atoms. The highest BCUT2D eigenvalue weighted by molar-refractivity contribution is 7.92. The van der Waals surface area contributed by atoms with E-state index in [9.17, 15) is 18.0 Å². The molecule has 0 aliphatic heterocycles. The van der Waals surface area contributed by atoms with Gasteiger partial charge in [-0.3, -0.25) is 13.9 Å². The molecule has 0 spiro atoms. The van der Waals surface area contributed by atoms with Crippen LogP contribution in [0.5, 0.6) is 5.75 Å². The normalized spacial score (nSPS) is 11.8. The van der Waals surface area contributed by atoms with Gasteiger partial charge in [0.25, 0.3) is 10.0 Å². The number of amides is 2. The zero-order chi connectivity index (χ0) is 31.9. The molecule has 4 rings (SSSR count). The van der Waals surface area contributed by atoms with Crippen molar-refractivity contribution in [3.63, 3.8) is 0 Å². The standard InChI is InChI=1S/C34H36ClN3O5S/c1-24-14-17-28(18-15-24)44(41,42)38(30-20-25(2)16-19-32(30)43-4)23-33(39)37(22-27-12-8-9-13-29(27)35)31(34(40)36-3)21-26-10-6-5-7-11-26/h5-20,31H,21-23H2,1-4H3,(H,36,40)/t31-/m1/s1. The molecule has 0 saturated carbocycles. The number of methoxy groups -OCH3 is 1. The first kappa shape index (κ1) is 32.6. The fourth-order valence-corrected chi connectivity index (χ4v) is 6.49. The molecule has 2 amide bonds. The predicted octanol–water partition coefficient (Wildman–Crippen LogP) is 5.55. The van der Waals surface area contributed by atoms with E-state index in [-0.39, 0.29) is 29.3 Å². The van der Waals surface area contributed by atoms with Gasteiger partial charge in [-0.1, -0.05) is 83.9 Å². The van der Waals surface area contributed by atoms with E-state index < -0.39 is 34.4 Å². The van der Waals surface area contributed by atoms with Crippen molar-refractivity contribution in [2.75, 3.05) is 25.0 Å². The summed E-state index contributed by atoms with van der Waals surface area (Å²) in [4.78, 5) is 29.3. The number of hydrogen-bond donors (Lipinski definition) is 1. The number of carbonyl (C=O) groups is 2. The number of halogens is 1. The molecule has 4 aromatic rings. The quantitative estimate of drug-likeness (QED) is 0.221. The van der Waals surface area contributed by atoms with Crippen molar-refractivity contribution >= 4 is 39.1 Å². The molecule has 230 valence electrons. The molecular formula is C34H36ClN3O5S. The molecule has 0 unspecified atom stereocenters. The molecule has 1 atom stereocenters. The van der Waals surface area contributed by atoms with Crippen molar-refractivity contribution < 1.29 is 22.7 Å². The molecule has 0 aromatic heterocycles. The van der Waals surface area contributed by atoms with Crippen molar-refractivity contribution in [2.45, 2.75) is 37.8 Å². The topological polar surface area (TPSA) is 96.0 Å². The Morgan fingerprint density at radius 3 is 2.16 bits per heavy atom. The highest BCUT2D eigenvalue weighted by Gasteiger charge is 2.35. The molecule has 0 heterocycles. The number of nitrogens with zero attached hydrogens (tertiary/aromatic N) is 2. The average molecular weight is 634 g/mol. The first-order chi connectivity index (χ1) is 21.0. The molecule has 0 aliphatic carbocycles. The molecule has 1 N–H and O–H groups in total. The summed E-state index contributed by atoms with van der Waals surface area (Å²) < 4.78 is 35.1. The van der Waals surface area contributed by atoms with Crippen LogP contribution in [0.2, 0.25) is 5.02 Å². The van der Waals surface area contributed by atoms with Gasteiger partial charge in [0.15, 0.2) is 0 Å². The summed E-state index contributed by atoms with van der Waals surface area (Å²) in [6.07, 6.45) is 0.204. The molecule has 0 radical (unpaired) electrons. The zero-order valence-corrected chi connectivity index (χ0v) is 26.7. The van der Waals surface area contributed by atoms with Crippen molar-refractivity contribution in [1.82, 2.24) is 10.2 Å². The first-order valence-corrected chi connectivity index (χ1v) is 15.9. The van der Waals surface area contributed by atoms with E-state index >= 15 is 0 Å². The van der Waals surface area contributed by atoms with Crippen molar-refractivity contribution in [2.24, 2.45) is 0 Å². The van der Waals surface area contributed by atoms with Gasteiger partial charge in [0, 0.05) is 25.0 Å². The largest absolute Gasteiger partial charge is 0.495 e. The van der Waals surface area contributed by atoms with Crippen LogP contribution in [0.25, 0.3) is 0 Å². The van der Waals surface area contributed by atoms with Gasteiger partial charge < -0.3 is 15.0 Å². The minimum absolute atomic E-state index is 0.0178. The number of aryl methyl sites for hydroxylation is 2. The van der Waals surface area contributed by atoms with Gasteiger partial charge in [-0.15, -0.1) is 0 Å². The minimum atomic E-state index is -4.26. The lowest BCUT2D eigenvalue weighted by molar-refractivity contribution is -0.139. The Morgan fingerprint density at radius 1 is 0.886 bits per heavy atom. The summed E-state index contributed by atoms with van der Waals surface area (Å²) in [6.45, 7) is 3.07. The van der Waals surface area contributed by atoms with E-state index in [2.05, 4.69) is 5.32 Å². The maximum atomic E-state index is 14.5. The number of carbonyl (C=O) groups excluding carboxylic acids is 2. The Labute approximate surface area is 264 Å². The highest BCUT2D eigenvalue weighted by Crippen LogP contribution is 2.34. The molecule has 10 heteroatoms. The second kappa shape index (κ2) is 14.4. The van der Waals surface area contributed by atoms with E-state index in [1.54, 1.807) is 54.6 Å². The zero-order valence-electron chi connectivity index (χ0n) is 25.2. The second-order valence-electron chi connectivity index (χ2n) is 10.4. The monoisotopic (exact) mass is 633 g/mol. The van der Waals surface area contributed by atoms with E-state index in [0.29, 0.717) is 10.6 Å². The summed E-state index contributed by atoms with van der Waals surface area (Å²) in [5.74, 6) is -0.701. The Bertz CT molecular complexity index is 1710. The number of benzene rings is 4. The van der Waals surface area contributed by atoms with Gasteiger partial charge >= 0.3 is 0 Å². The number of ether oxygens (including phenoxy) is 1. The number of rotatable bonds is 12. The maximum Gasteiger partial charge on any atom is 0.264 e. The number of nitrogens with one attached hydrogen (secondary N) is 1. The smallest absolute Gasteiger partial charge is 0.264 e. The first-order valence-electron chi connectivity index (χ1n) is 14.1. The lowest BCUT2D eigenvalue weighted by Gasteiger charge is -2.34. The van der Waals surface area contributed by atoms with Gasteiger partial charge in [0.1, 0.15) is 18.3 Å². The van der Waals surface area contributed by atoms with Gasteiger partial charge in [-0.2, -0.15) is 0 Å². The van der Waals surface area contributed by atoms with Crippen LogP contribution in [-0.4, -0.2) is 51.9 Å². The van der Waals surface area contributed by atoms with E-state index in [4.69, 9.17) is 16.3 Å². The van der Waals surface area contributed by atoms with Crippen LogP contribution in [-0.2, 0) is 32.6 Å². The van der Waals surface area contributed by atoms with Crippen LogP contribution in [0, 0.1) is 13.8 Å². The Kier molecular flexibility index (Phi) is 10.7. The summed E-state index contributed by atoms with van der Waals surface area (Å²) in [5.41, 5.74) is 3.32. The van der Waals surface area contributed by atoms with Crippen LogP contribution in [0.3, 0.4) is 0 Å². The summed E-state index contributed by atoms with van der Waals surface area (Å²) in [6, 6.07) is 27.0. The fraction of sp³-hybridized carbons (Fsp3) is 0.235. The molecule has 0 aliphatic rings. The highest BCUT2D eigenvalue weighted by atomic mass is 35.5. The lowest BCUT2D eigenvalue weighted by Crippen LogP contribution is -2.53. The SMILES string of the molecule is CNC(=O)[C@@H](Cc1ccccc1)N(Cc1ccccc1Cl)C(=O)CN(c1cc(C)ccc1OC)S(=O)(=O)c1ccc(C)cc1. The Balaban J connectivity index is 1.85. The Morgan fingerprint density at radius 2 is 1.52 bits per heavy atom. The van der Waals surface area contributed by atoms with Gasteiger partial charge in [-0.05, 0) is 60.9 Å². The second-order valence-corrected chi connectivity index (χ2v) is 12.7. The van der Waals surface area contributed by atoms with Crippen LogP contribution in [0.15, 0.2) is 102 Å². The summed E-state index contributed by atoms with van der Waals surface area (Å²) >= 11 is 6.51. The van der Waals surface area contributed by atoms with Crippen molar-refractivity contribution in [3.05, 3.63) is 124 Å². The van der Waals surface area contributed by atoms with Gasteiger partial charge in [-0.25, -0.2) is 8.42 Å².